The molecule has 0 fully saturated rings. The highest BCUT2D eigenvalue weighted by atomic mass is 32.3. The van der Waals surface area contributed by atoms with Crippen LogP contribution in [0.5, 0.6) is 5.75 Å². The SMILES string of the molecule is Nc1ccc(O[C@H](c2ccc(N)cc2)[C@H](COS(=O)(=O)O)OS(=O)(=O)O)cc1. The van der Waals surface area contributed by atoms with Gasteiger partial charge in [0.2, 0.25) is 0 Å². The van der Waals surface area contributed by atoms with Gasteiger partial charge in [-0.2, -0.15) is 16.8 Å². The Morgan fingerprint density at radius 1 is 0.821 bits per heavy atom. The van der Waals surface area contributed by atoms with Crippen LogP contribution in [0.25, 0.3) is 0 Å². The molecule has 0 aromatic heterocycles. The molecule has 0 aliphatic carbocycles. The molecule has 11 nitrogen and oxygen atoms in total. The van der Waals surface area contributed by atoms with Crippen molar-refractivity contribution >= 4 is 32.2 Å². The van der Waals surface area contributed by atoms with Gasteiger partial charge in [-0.3, -0.25) is 9.11 Å². The Morgan fingerprint density at radius 2 is 1.32 bits per heavy atom. The summed E-state index contributed by atoms with van der Waals surface area (Å²) in [6.45, 7) is -0.983. The number of anilines is 2. The van der Waals surface area contributed by atoms with E-state index in [2.05, 4.69) is 8.37 Å². The molecule has 2 aromatic rings. The summed E-state index contributed by atoms with van der Waals surface area (Å²) in [4.78, 5) is 0. The van der Waals surface area contributed by atoms with Gasteiger partial charge in [-0.15, -0.1) is 0 Å². The number of hydrogen-bond donors (Lipinski definition) is 4. The largest absolute Gasteiger partial charge is 0.483 e. The number of ether oxygens (including phenoxy) is 1. The van der Waals surface area contributed by atoms with Crippen LogP contribution in [0.2, 0.25) is 0 Å². The molecule has 0 amide bonds. The molecule has 0 spiro atoms. The predicted molar refractivity (Wildman–Crippen MR) is 99.0 cm³/mol. The van der Waals surface area contributed by atoms with Crippen molar-refractivity contribution in [1.82, 2.24) is 0 Å². The number of benzene rings is 2. The first-order valence-electron chi connectivity index (χ1n) is 7.58. The number of rotatable bonds is 9. The van der Waals surface area contributed by atoms with Crippen LogP contribution in [0.1, 0.15) is 11.7 Å². The minimum Gasteiger partial charge on any atom is -0.483 e. The second-order valence-electron chi connectivity index (χ2n) is 5.55. The van der Waals surface area contributed by atoms with Crippen molar-refractivity contribution in [3.05, 3.63) is 54.1 Å². The highest BCUT2D eigenvalue weighted by Gasteiger charge is 2.32. The Bertz CT molecular complexity index is 991. The lowest BCUT2D eigenvalue weighted by molar-refractivity contribution is 0.0175. The van der Waals surface area contributed by atoms with Crippen molar-refractivity contribution in [3.8, 4) is 5.75 Å². The van der Waals surface area contributed by atoms with Crippen LogP contribution >= 0.6 is 0 Å². The number of nitrogens with two attached hydrogens (primary N) is 2. The fraction of sp³-hybridized carbons (Fsp3) is 0.200. The first-order valence-corrected chi connectivity index (χ1v) is 10.3. The second-order valence-corrected chi connectivity index (χ2v) is 7.69. The van der Waals surface area contributed by atoms with Gasteiger partial charge in [-0.1, -0.05) is 12.1 Å². The van der Waals surface area contributed by atoms with Crippen molar-refractivity contribution in [2.75, 3.05) is 18.1 Å². The highest BCUT2D eigenvalue weighted by Crippen LogP contribution is 2.29. The molecule has 0 aliphatic rings. The minimum absolute atomic E-state index is 0.229. The first-order chi connectivity index (χ1) is 12.9. The molecule has 0 aliphatic heterocycles. The average Bonchev–Trinajstić information content (AvgIpc) is 2.57. The lowest BCUT2D eigenvalue weighted by Gasteiger charge is -2.26. The quantitative estimate of drug-likeness (QED) is 0.325. The Hall–Kier alpha value is -2.42. The highest BCUT2D eigenvalue weighted by molar-refractivity contribution is 7.81. The van der Waals surface area contributed by atoms with E-state index in [1.54, 1.807) is 0 Å². The van der Waals surface area contributed by atoms with Gasteiger partial charge in [0, 0.05) is 11.4 Å². The van der Waals surface area contributed by atoms with Gasteiger partial charge >= 0.3 is 20.8 Å². The average molecular weight is 434 g/mol. The van der Waals surface area contributed by atoms with Crippen molar-refractivity contribution in [3.63, 3.8) is 0 Å². The summed E-state index contributed by atoms with van der Waals surface area (Å²) in [5.41, 5.74) is 12.4. The maximum atomic E-state index is 11.2. The van der Waals surface area contributed by atoms with Gasteiger partial charge in [-0.25, -0.2) is 8.37 Å². The maximum Gasteiger partial charge on any atom is 0.397 e. The summed E-state index contributed by atoms with van der Waals surface area (Å²) in [6.07, 6.45) is -2.98. The monoisotopic (exact) mass is 434 g/mol. The molecular weight excluding hydrogens is 416 g/mol. The van der Waals surface area contributed by atoms with E-state index in [4.69, 9.17) is 25.3 Å². The fourth-order valence-corrected chi connectivity index (χ4v) is 2.99. The van der Waals surface area contributed by atoms with Crippen LogP contribution in [0.15, 0.2) is 48.5 Å². The van der Waals surface area contributed by atoms with Crippen LogP contribution in [0.3, 0.4) is 0 Å². The zero-order chi connectivity index (χ0) is 20.9. The van der Waals surface area contributed by atoms with Gasteiger partial charge < -0.3 is 16.2 Å². The zero-order valence-electron chi connectivity index (χ0n) is 14.2. The van der Waals surface area contributed by atoms with Crippen LogP contribution < -0.4 is 16.2 Å². The van der Waals surface area contributed by atoms with Crippen molar-refractivity contribution in [2.24, 2.45) is 0 Å². The molecule has 0 heterocycles. The first kappa shape index (κ1) is 21.9. The molecule has 28 heavy (non-hydrogen) atoms. The summed E-state index contributed by atoms with van der Waals surface area (Å²) in [6, 6.07) is 11.9. The maximum absolute atomic E-state index is 11.2. The molecule has 2 rings (SSSR count). The third-order valence-electron chi connectivity index (χ3n) is 3.37. The molecule has 0 bridgehead atoms. The Morgan fingerprint density at radius 3 is 1.79 bits per heavy atom. The molecule has 2 aromatic carbocycles. The van der Waals surface area contributed by atoms with E-state index in [0.29, 0.717) is 16.9 Å². The van der Waals surface area contributed by atoms with Crippen LogP contribution in [0.4, 0.5) is 11.4 Å². The van der Waals surface area contributed by atoms with E-state index in [0.717, 1.165) is 0 Å². The predicted octanol–water partition coefficient (Wildman–Crippen LogP) is 0.979. The number of nitrogen functional groups attached to an aromatic ring is 2. The van der Waals surface area contributed by atoms with Crippen molar-refractivity contribution in [1.29, 1.82) is 0 Å². The van der Waals surface area contributed by atoms with Gasteiger partial charge in [-0.05, 0) is 42.0 Å². The van der Waals surface area contributed by atoms with Crippen molar-refractivity contribution in [2.45, 2.75) is 12.2 Å². The molecule has 13 heteroatoms. The Balaban J connectivity index is 2.43. The van der Waals surface area contributed by atoms with Gasteiger partial charge in [0.1, 0.15) is 18.5 Å². The lowest BCUT2D eigenvalue weighted by Crippen LogP contribution is -2.34. The Kier molecular flexibility index (Phi) is 6.82. The van der Waals surface area contributed by atoms with E-state index < -0.39 is 39.6 Å². The van der Waals surface area contributed by atoms with E-state index in [-0.39, 0.29) is 5.75 Å². The van der Waals surface area contributed by atoms with Crippen LogP contribution in [-0.2, 0) is 29.2 Å². The van der Waals surface area contributed by atoms with Crippen LogP contribution in [0, 0.1) is 0 Å². The standard InChI is InChI=1S/C15H18N2O9S2/c16-11-3-1-10(2-4-11)15(25-13-7-5-12(17)6-8-13)14(26-28(21,22)23)9-24-27(18,19)20/h1-8,14-15H,9,16-17H2,(H,18,19,20)(H,21,22,23)/t14-,15+/m0/s1. The molecular formula is C15H18N2O9S2. The van der Waals surface area contributed by atoms with Crippen molar-refractivity contribution < 1.29 is 39.0 Å². The summed E-state index contributed by atoms with van der Waals surface area (Å²) < 4.78 is 76.5. The second kappa shape index (κ2) is 8.72. The van der Waals surface area contributed by atoms with E-state index in [1.165, 1.54) is 48.5 Å². The summed E-state index contributed by atoms with van der Waals surface area (Å²) >= 11 is 0. The third kappa shape index (κ3) is 7.30. The van der Waals surface area contributed by atoms with Gasteiger partial charge in [0.25, 0.3) is 0 Å². The zero-order valence-corrected chi connectivity index (χ0v) is 15.8. The molecule has 0 radical (unpaired) electrons. The number of hydrogen-bond acceptors (Lipinski definition) is 9. The normalized spacial score (nSPS) is 14.4. The molecule has 154 valence electrons. The van der Waals surface area contributed by atoms with E-state index in [9.17, 15) is 16.8 Å². The fourth-order valence-electron chi connectivity index (χ4n) is 2.21. The summed E-state index contributed by atoms with van der Waals surface area (Å²) in [5.74, 6) is 0.229. The summed E-state index contributed by atoms with van der Waals surface area (Å²) in [5, 5.41) is 0. The molecule has 6 N–H and O–H groups in total. The smallest absolute Gasteiger partial charge is 0.397 e. The molecule has 0 saturated carbocycles. The Labute approximate surface area is 161 Å². The molecule has 0 saturated heterocycles. The van der Waals surface area contributed by atoms with E-state index >= 15 is 0 Å². The van der Waals surface area contributed by atoms with Gasteiger partial charge in [0.05, 0.1) is 0 Å². The lowest BCUT2D eigenvalue weighted by atomic mass is 10.0. The topological polar surface area (TPSA) is 188 Å². The van der Waals surface area contributed by atoms with Crippen LogP contribution in [-0.4, -0.2) is 38.7 Å². The molecule has 0 unspecified atom stereocenters. The minimum atomic E-state index is -5.03. The summed E-state index contributed by atoms with van der Waals surface area (Å²) in [7, 11) is -9.96. The molecule has 2 atom stereocenters. The third-order valence-corrected chi connectivity index (χ3v) is 4.30. The van der Waals surface area contributed by atoms with E-state index in [1.807, 2.05) is 0 Å². The van der Waals surface area contributed by atoms with Gasteiger partial charge in [0.15, 0.2) is 6.10 Å².